The fourth-order valence-electron chi connectivity index (χ4n) is 6.68. The molecule has 0 radical (unpaired) electrons. The summed E-state index contributed by atoms with van der Waals surface area (Å²) in [7, 11) is 0. The Hall–Kier alpha value is -2.49. The van der Waals surface area contributed by atoms with Gasteiger partial charge in [-0.15, -0.1) is 0 Å². The zero-order valence-electron chi connectivity index (χ0n) is 17.6. The van der Waals surface area contributed by atoms with Crippen molar-refractivity contribution in [2.45, 2.75) is 57.3 Å². The van der Waals surface area contributed by atoms with E-state index in [1.54, 1.807) is 0 Å². The number of phenolic OH excluding ortho intramolecular Hbond substituents is 1. The van der Waals surface area contributed by atoms with Crippen LogP contribution in [0.2, 0.25) is 0 Å². The molecule has 3 N–H and O–H groups in total. The monoisotopic (exact) mass is 405 g/mol. The van der Waals surface area contributed by atoms with Crippen molar-refractivity contribution in [2.24, 2.45) is 23.7 Å². The smallest absolute Gasteiger partial charge is 0.303 e. The molecule has 0 heterocycles. The Balaban J connectivity index is 1.34. The number of carboxylic acid groups (broad SMARTS) is 1. The molecule has 0 aromatic heterocycles. The third-order valence-corrected chi connectivity index (χ3v) is 8.03. The van der Waals surface area contributed by atoms with Gasteiger partial charge in [0, 0.05) is 23.4 Å². The van der Waals surface area contributed by atoms with Crippen molar-refractivity contribution in [1.29, 1.82) is 0 Å². The lowest BCUT2D eigenvalue weighted by atomic mass is 9.59. The van der Waals surface area contributed by atoms with Gasteiger partial charge in [-0.1, -0.05) is 19.1 Å². The minimum atomic E-state index is -0.772. The Bertz CT molecular complexity index is 947. The van der Waals surface area contributed by atoms with E-state index in [0.717, 1.165) is 46.2 Å². The van der Waals surface area contributed by atoms with Crippen LogP contribution in [0.4, 0.5) is 11.4 Å². The highest BCUT2D eigenvalue weighted by Crippen LogP contribution is 2.62. The standard InChI is InChI=1S/C26H31NO3/c1-26(14-17-10-18-12-19(15-26)22(18)11-17)23-13-21(7-8-24(23)28)27-20-5-2-16(3-6-20)4-9-25(29)30/h2-3,5-8,13,17-19,22,27-28H,4,9-12,14-15H2,1H3,(H,29,30). The molecule has 5 rings (SSSR count). The zero-order valence-corrected chi connectivity index (χ0v) is 17.6. The van der Waals surface area contributed by atoms with Crippen molar-refractivity contribution < 1.29 is 15.0 Å². The second-order valence-electron chi connectivity index (χ2n) is 10.2. The van der Waals surface area contributed by atoms with Crippen LogP contribution < -0.4 is 5.32 Å². The molecule has 3 aliphatic carbocycles. The topological polar surface area (TPSA) is 69.6 Å². The Kier molecular flexibility index (Phi) is 4.76. The molecule has 5 atom stereocenters. The van der Waals surface area contributed by atoms with E-state index in [1.165, 1.54) is 32.1 Å². The molecule has 0 saturated heterocycles. The van der Waals surface area contributed by atoms with Gasteiger partial charge in [0.1, 0.15) is 5.75 Å². The molecule has 0 amide bonds. The second kappa shape index (κ2) is 7.33. The molecule has 30 heavy (non-hydrogen) atoms. The number of rotatable bonds is 6. The van der Waals surface area contributed by atoms with Crippen molar-refractivity contribution in [1.82, 2.24) is 0 Å². The first-order valence-corrected chi connectivity index (χ1v) is 11.3. The second-order valence-corrected chi connectivity index (χ2v) is 10.2. The number of carboxylic acids is 1. The van der Waals surface area contributed by atoms with Crippen LogP contribution in [0, 0.1) is 23.7 Å². The van der Waals surface area contributed by atoms with Crippen LogP contribution in [0.3, 0.4) is 0 Å². The molecule has 4 heteroatoms. The first kappa shape index (κ1) is 19.5. The average Bonchev–Trinajstić information content (AvgIpc) is 2.96. The number of hydrogen-bond acceptors (Lipinski definition) is 3. The van der Waals surface area contributed by atoms with Crippen molar-refractivity contribution in [3.05, 3.63) is 53.6 Å². The van der Waals surface area contributed by atoms with E-state index in [2.05, 4.69) is 18.3 Å². The average molecular weight is 406 g/mol. The van der Waals surface area contributed by atoms with Crippen LogP contribution in [0.1, 0.15) is 56.6 Å². The quantitative estimate of drug-likeness (QED) is 0.526. The number of nitrogens with one attached hydrogen (secondary N) is 1. The maximum atomic E-state index is 10.8. The lowest BCUT2D eigenvalue weighted by Crippen LogP contribution is -2.38. The fourth-order valence-corrected chi connectivity index (χ4v) is 6.68. The highest BCUT2D eigenvalue weighted by atomic mass is 16.4. The van der Waals surface area contributed by atoms with E-state index in [9.17, 15) is 9.90 Å². The first-order valence-electron chi connectivity index (χ1n) is 11.3. The molecule has 3 fully saturated rings. The van der Waals surface area contributed by atoms with Gasteiger partial charge in [0.15, 0.2) is 0 Å². The number of aryl methyl sites for hydroxylation is 1. The number of aliphatic carboxylic acids is 1. The normalized spacial score (nSPS) is 31.6. The molecule has 4 nitrogen and oxygen atoms in total. The summed E-state index contributed by atoms with van der Waals surface area (Å²) in [6.45, 7) is 2.36. The minimum Gasteiger partial charge on any atom is -0.508 e. The number of hydrogen-bond donors (Lipinski definition) is 3. The zero-order chi connectivity index (χ0) is 20.9. The van der Waals surface area contributed by atoms with Crippen LogP contribution in [-0.4, -0.2) is 16.2 Å². The molecule has 0 aliphatic heterocycles. The summed E-state index contributed by atoms with van der Waals surface area (Å²) in [4.78, 5) is 10.8. The summed E-state index contributed by atoms with van der Waals surface area (Å²) in [5, 5.41) is 23.0. The number of phenols is 1. The van der Waals surface area contributed by atoms with Gasteiger partial charge in [0.25, 0.3) is 0 Å². The minimum absolute atomic E-state index is 0.0396. The van der Waals surface area contributed by atoms with E-state index < -0.39 is 5.97 Å². The van der Waals surface area contributed by atoms with Crippen molar-refractivity contribution in [2.75, 3.05) is 5.32 Å². The molecule has 3 aliphatic rings. The van der Waals surface area contributed by atoms with Gasteiger partial charge < -0.3 is 15.5 Å². The predicted octanol–water partition coefficient (Wildman–Crippen LogP) is 5.87. The maximum Gasteiger partial charge on any atom is 0.303 e. The largest absolute Gasteiger partial charge is 0.508 e. The van der Waals surface area contributed by atoms with E-state index in [1.807, 2.05) is 36.4 Å². The van der Waals surface area contributed by atoms with Gasteiger partial charge in [-0.05, 0) is 104 Å². The van der Waals surface area contributed by atoms with Gasteiger partial charge >= 0.3 is 5.97 Å². The van der Waals surface area contributed by atoms with Crippen molar-refractivity contribution >= 4 is 17.3 Å². The molecule has 2 aromatic rings. The van der Waals surface area contributed by atoms with E-state index in [0.29, 0.717) is 12.2 Å². The van der Waals surface area contributed by atoms with Gasteiger partial charge in [-0.25, -0.2) is 0 Å². The van der Waals surface area contributed by atoms with Gasteiger partial charge in [-0.3, -0.25) is 4.79 Å². The van der Waals surface area contributed by atoms with E-state index >= 15 is 0 Å². The number of aromatic hydroxyl groups is 1. The van der Waals surface area contributed by atoms with Crippen LogP contribution >= 0.6 is 0 Å². The van der Waals surface area contributed by atoms with E-state index in [-0.39, 0.29) is 11.8 Å². The molecule has 2 aromatic carbocycles. The Morgan fingerprint density at radius 2 is 1.80 bits per heavy atom. The van der Waals surface area contributed by atoms with Gasteiger partial charge in [-0.2, -0.15) is 0 Å². The van der Waals surface area contributed by atoms with Crippen molar-refractivity contribution in [3.63, 3.8) is 0 Å². The number of benzene rings is 2. The third-order valence-electron chi connectivity index (χ3n) is 8.03. The Labute approximate surface area is 178 Å². The summed E-state index contributed by atoms with van der Waals surface area (Å²) in [6, 6.07) is 13.8. The van der Waals surface area contributed by atoms with Crippen molar-refractivity contribution in [3.8, 4) is 5.75 Å². The van der Waals surface area contributed by atoms with Crippen LogP contribution in [-0.2, 0) is 16.6 Å². The van der Waals surface area contributed by atoms with Gasteiger partial charge in [0.2, 0.25) is 0 Å². The molecular weight excluding hydrogens is 374 g/mol. The summed E-state index contributed by atoms with van der Waals surface area (Å²) in [6.07, 6.45) is 7.26. The number of carbonyl (C=O) groups is 1. The molecule has 3 saturated carbocycles. The highest BCUT2D eigenvalue weighted by molar-refractivity contribution is 5.67. The lowest BCUT2D eigenvalue weighted by molar-refractivity contribution is -0.136. The SMILES string of the molecule is CC1(c2cc(Nc3ccc(CCC(=O)O)cc3)ccc2O)CC2CC3CC(C1)C3C2. The maximum absolute atomic E-state index is 10.8. The number of anilines is 2. The summed E-state index contributed by atoms with van der Waals surface area (Å²) in [5.41, 5.74) is 4.11. The molecule has 158 valence electrons. The summed E-state index contributed by atoms with van der Waals surface area (Å²) >= 11 is 0. The lowest BCUT2D eigenvalue weighted by Gasteiger charge is -2.46. The third kappa shape index (κ3) is 3.57. The van der Waals surface area contributed by atoms with Crippen LogP contribution in [0.5, 0.6) is 5.75 Å². The molecular formula is C26H31NO3. The predicted molar refractivity (Wildman–Crippen MR) is 118 cm³/mol. The first-order chi connectivity index (χ1) is 14.4. The van der Waals surface area contributed by atoms with E-state index in [4.69, 9.17) is 5.11 Å². The Morgan fingerprint density at radius 1 is 1.03 bits per heavy atom. The summed E-state index contributed by atoms with van der Waals surface area (Å²) in [5.74, 6) is 3.23. The Morgan fingerprint density at radius 3 is 2.57 bits per heavy atom. The highest BCUT2D eigenvalue weighted by Gasteiger charge is 2.54. The van der Waals surface area contributed by atoms with Crippen LogP contribution in [0.15, 0.2) is 42.5 Å². The number of fused-ring (bicyclic) bond motifs is 1. The fraction of sp³-hybridized carbons (Fsp3) is 0.500. The summed E-state index contributed by atoms with van der Waals surface area (Å²) < 4.78 is 0. The molecule has 5 unspecified atom stereocenters. The van der Waals surface area contributed by atoms with Crippen LogP contribution in [0.25, 0.3) is 0 Å². The van der Waals surface area contributed by atoms with Gasteiger partial charge in [0.05, 0.1) is 0 Å². The molecule has 0 spiro atoms. The molecule has 2 bridgehead atoms.